The van der Waals surface area contributed by atoms with Gasteiger partial charge in [0.05, 0.1) is 6.04 Å². The van der Waals surface area contributed by atoms with Crippen LogP contribution in [0.15, 0.2) is 24.3 Å². The predicted octanol–water partition coefficient (Wildman–Crippen LogP) is 2.47. The normalized spacial score (nSPS) is 25.4. The molecule has 2 unspecified atom stereocenters. The van der Waals surface area contributed by atoms with Gasteiger partial charge in [-0.3, -0.25) is 9.69 Å². The molecular weight excluding hydrogens is 328 g/mol. The third-order valence-corrected chi connectivity index (χ3v) is 5.09. The van der Waals surface area contributed by atoms with E-state index in [9.17, 15) is 13.6 Å². The highest BCUT2D eigenvalue weighted by molar-refractivity contribution is 5.98. The van der Waals surface area contributed by atoms with Crippen LogP contribution in [0.1, 0.15) is 25.7 Å². The van der Waals surface area contributed by atoms with E-state index in [0.717, 1.165) is 44.5 Å². The maximum atomic E-state index is 13.0. The fraction of sp³-hybridized carbons (Fsp3) is 0.611. The molecule has 1 N–H and O–H groups in total. The Kier molecular flexibility index (Phi) is 5.86. The van der Waals surface area contributed by atoms with Crippen molar-refractivity contribution in [2.45, 2.75) is 44.4 Å². The first-order valence-electron chi connectivity index (χ1n) is 8.86. The van der Waals surface area contributed by atoms with Gasteiger partial charge in [-0.1, -0.05) is 0 Å². The van der Waals surface area contributed by atoms with Crippen LogP contribution in [-0.4, -0.2) is 56.2 Å². The predicted molar refractivity (Wildman–Crippen MR) is 92.1 cm³/mol. The van der Waals surface area contributed by atoms with E-state index in [1.807, 2.05) is 7.05 Å². The van der Waals surface area contributed by atoms with Crippen LogP contribution >= 0.6 is 0 Å². The highest BCUT2D eigenvalue weighted by Crippen LogP contribution is 2.27. The summed E-state index contributed by atoms with van der Waals surface area (Å²) in [4.78, 5) is 17.0. The van der Waals surface area contributed by atoms with Crippen LogP contribution in [-0.2, 0) is 4.79 Å². The molecule has 0 bridgehead atoms. The summed E-state index contributed by atoms with van der Waals surface area (Å²) in [5.74, 6) is 0.207. The minimum Gasteiger partial charge on any atom is -0.435 e. The number of hydrogen-bond acceptors (Lipinski definition) is 4. The first-order valence-corrected chi connectivity index (χ1v) is 8.86. The number of likely N-dealkylation sites (tertiary alicyclic amines) is 1. The molecule has 0 spiro atoms. The molecule has 5 nitrogen and oxygen atoms in total. The molecule has 25 heavy (non-hydrogen) atoms. The zero-order valence-electron chi connectivity index (χ0n) is 14.5. The maximum absolute atomic E-state index is 13.0. The van der Waals surface area contributed by atoms with Gasteiger partial charge in [0.25, 0.3) is 0 Å². The fourth-order valence-electron chi connectivity index (χ4n) is 3.78. The molecule has 2 saturated heterocycles. The smallest absolute Gasteiger partial charge is 0.387 e. The number of carbonyl (C=O) groups is 1. The highest BCUT2D eigenvalue weighted by atomic mass is 19.3. The number of rotatable bonds is 5. The molecule has 3 rings (SSSR count). The van der Waals surface area contributed by atoms with Crippen molar-refractivity contribution >= 4 is 11.6 Å². The number of alkyl halides is 2. The number of anilines is 1. The molecular formula is C18H25F2N3O2. The summed E-state index contributed by atoms with van der Waals surface area (Å²) >= 11 is 0. The van der Waals surface area contributed by atoms with Crippen LogP contribution in [0.4, 0.5) is 14.5 Å². The fourth-order valence-corrected chi connectivity index (χ4v) is 3.78. The van der Waals surface area contributed by atoms with Gasteiger partial charge in [0.2, 0.25) is 5.91 Å². The van der Waals surface area contributed by atoms with Crippen molar-refractivity contribution in [1.82, 2.24) is 10.2 Å². The van der Waals surface area contributed by atoms with Crippen molar-refractivity contribution in [3.05, 3.63) is 24.3 Å². The van der Waals surface area contributed by atoms with E-state index in [4.69, 9.17) is 0 Å². The lowest BCUT2D eigenvalue weighted by Crippen LogP contribution is -2.57. The summed E-state index contributed by atoms with van der Waals surface area (Å²) in [5, 5.41) is 3.31. The van der Waals surface area contributed by atoms with Crippen molar-refractivity contribution in [3.8, 4) is 5.75 Å². The largest absolute Gasteiger partial charge is 0.435 e. The van der Waals surface area contributed by atoms with Gasteiger partial charge in [-0.15, -0.1) is 0 Å². The number of benzene rings is 1. The Morgan fingerprint density at radius 3 is 2.56 bits per heavy atom. The third kappa shape index (κ3) is 4.27. The van der Waals surface area contributed by atoms with E-state index >= 15 is 0 Å². The van der Waals surface area contributed by atoms with Crippen LogP contribution in [0.25, 0.3) is 0 Å². The molecule has 1 amide bonds. The van der Waals surface area contributed by atoms with Crippen LogP contribution in [0.2, 0.25) is 0 Å². The molecule has 2 atom stereocenters. The molecule has 7 heteroatoms. The number of hydrogen-bond donors (Lipinski definition) is 1. The first kappa shape index (κ1) is 18.1. The van der Waals surface area contributed by atoms with Gasteiger partial charge in [-0.25, -0.2) is 0 Å². The number of nitrogens with one attached hydrogen (secondary N) is 1. The number of piperidine rings is 2. The quantitative estimate of drug-likeness (QED) is 0.883. The molecule has 1 aromatic carbocycles. The van der Waals surface area contributed by atoms with Crippen molar-refractivity contribution in [3.63, 3.8) is 0 Å². The number of amides is 1. The van der Waals surface area contributed by atoms with Gasteiger partial charge in [0.1, 0.15) is 5.75 Å². The summed E-state index contributed by atoms with van der Waals surface area (Å²) in [7, 11) is 1.96. The standard InChI is InChI=1S/C18H25F2N3O2/c1-21-13-4-2-10-22(12-13)16-5-3-11-23(17(16)24)14-6-8-15(9-7-14)25-18(19)20/h6-9,13,16,18,21H,2-5,10-12H2,1H3. The van der Waals surface area contributed by atoms with E-state index in [0.29, 0.717) is 12.6 Å². The highest BCUT2D eigenvalue weighted by Gasteiger charge is 2.35. The molecule has 2 fully saturated rings. The van der Waals surface area contributed by atoms with E-state index in [1.54, 1.807) is 17.0 Å². The molecule has 0 saturated carbocycles. The third-order valence-electron chi connectivity index (χ3n) is 5.09. The topological polar surface area (TPSA) is 44.8 Å². The Balaban J connectivity index is 1.69. The van der Waals surface area contributed by atoms with Crippen molar-refractivity contribution in [1.29, 1.82) is 0 Å². The molecule has 0 radical (unpaired) electrons. The second kappa shape index (κ2) is 8.10. The number of halogens is 2. The van der Waals surface area contributed by atoms with E-state index < -0.39 is 6.61 Å². The number of ether oxygens (including phenoxy) is 1. The maximum Gasteiger partial charge on any atom is 0.387 e. The van der Waals surface area contributed by atoms with Gasteiger partial charge in [0, 0.05) is 24.8 Å². The van der Waals surface area contributed by atoms with Gasteiger partial charge >= 0.3 is 6.61 Å². The number of likely N-dealkylation sites (N-methyl/N-ethyl adjacent to an activating group) is 1. The van der Waals surface area contributed by atoms with E-state index in [1.165, 1.54) is 12.1 Å². The zero-order valence-corrected chi connectivity index (χ0v) is 14.5. The SMILES string of the molecule is CNC1CCCN(C2CCCN(c3ccc(OC(F)F)cc3)C2=O)C1. The van der Waals surface area contributed by atoms with Gasteiger partial charge in [-0.05, 0) is 63.5 Å². The van der Waals surface area contributed by atoms with Crippen molar-refractivity contribution in [2.75, 3.05) is 31.6 Å². The first-order chi connectivity index (χ1) is 12.1. The molecule has 0 aromatic heterocycles. The molecule has 138 valence electrons. The average molecular weight is 353 g/mol. The van der Waals surface area contributed by atoms with Crippen LogP contribution in [0.3, 0.4) is 0 Å². The Bertz CT molecular complexity index is 582. The summed E-state index contributed by atoms with van der Waals surface area (Å²) < 4.78 is 28.9. The Morgan fingerprint density at radius 2 is 1.88 bits per heavy atom. The minimum atomic E-state index is -2.84. The van der Waals surface area contributed by atoms with E-state index in [-0.39, 0.29) is 17.7 Å². The van der Waals surface area contributed by atoms with Gasteiger partial charge in [0.15, 0.2) is 0 Å². The Labute approximate surface area is 146 Å². The lowest BCUT2D eigenvalue weighted by molar-refractivity contribution is -0.126. The molecule has 0 aliphatic carbocycles. The Hall–Kier alpha value is -1.73. The monoisotopic (exact) mass is 353 g/mol. The molecule has 2 heterocycles. The second-order valence-corrected chi connectivity index (χ2v) is 6.64. The van der Waals surface area contributed by atoms with Gasteiger partial charge in [-0.2, -0.15) is 8.78 Å². The molecule has 2 aliphatic rings. The van der Waals surface area contributed by atoms with Crippen LogP contribution in [0.5, 0.6) is 5.75 Å². The second-order valence-electron chi connectivity index (χ2n) is 6.64. The average Bonchev–Trinajstić information content (AvgIpc) is 2.62. The summed E-state index contributed by atoms with van der Waals surface area (Å²) in [5.41, 5.74) is 0.735. The van der Waals surface area contributed by atoms with Crippen LogP contribution < -0.4 is 15.0 Å². The summed E-state index contributed by atoms with van der Waals surface area (Å²) in [6, 6.07) is 6.64. The zero-order chi connectivity index (χ0) is 17.8. The van der Waals surface area contributed by atoms with Crippen molar-refractivity contribution in [2.24, 2.45) is 0 Å². The molecule has 2 aliphatic heterocycles. The number of nitrogens with zero attached hydrogens (tertiary/aromatic N) is 2. The van der Waals surface area contributed by atoms with E-state index in [2.05, 4.69) is 15.0 Å². The lowest BCUT2D eigenvalue weighted by atomic mass is 9.97. The lowest BCUT2D eigenvalue weighted by Gasteiger charge is -2.42. The summed E-state index contributed by atoms with van der Waals surface area (Å²) in [6.07, 6.45) is 4.04. The Morgan fingerprint density at radius 1 is 1.16 bits per heavy atom. The number of carbonyl (C=O) groups excluding carboxylic acids is 1. The molecule has 1 aromatic rings. The van der Waals surface area contributed by atoms with Crippen LogP contribution in [0, 0.1) is 0 Å². The minimum absolute atomic E-state index is 0.0955. The van der Waals surface area contributed by atoms with Crippen molar-refractivity contribution < 1.29 is 18.3 Å². The van der Waals surface area contributed by atoms with Gasteiger partial charge < -0.3 is 15.0 Å². The summed E-state index contributed by atoms with van der Waals surface area (Å²) in [6.45, 7) is -0.342.